The second-order valence-electron chi connectivity index (χ2n) is 8.06. The molecule has 1 amide bonds. The van der Waals surface area contributed by atoms with Gasteiger partial charge in [0.15, 0.2) is 0 Å². The van der Waals surface area contributed by atoms with Crippen LogP contribution in [-0.2, 0) is 9.53 Å². The van der Waals surface area contributed by atoms with E-state index in [4.69, 9.17) is 9.47 Å². The number of amides is 1. The molecule has 1 aliphatic carbocycles. The number of ether oxygens (including phenoxy) is 2. The highest BCUT2D eigenvalue weighted by Crippen LogP contribution is 2.42. The molecule has 2 heterocycles. The zero-order chi connectivity index (χ0) is 20.9. The first-order valence-electron chi connectivity index (χ1n) is 10.7. The van der Waals surface area contributed by atoms with Crippen molar-refractivity contribution in [3.8, 4) is 22.9 Å². The van der Waals surface area contributed by atoms with Crippen LogP contribution >= 0.6 is 0 Å². The smallest absolute Gasteiger partial charge is 0.228 e. The number of benzene rings is 1. The van der Waals surface area contributed by atoms with Gasteiger partial charge in [0.05, 0.1) is 18.8 Å². The van der Waals surface area contributed by atoms with Crippen LogP contribution in [0.4, 0.5) is 5.82 Å². The second kappa shape index (κ2) is 9.27. The van der Waals surface area contributed by atoms with Gasteiger partial charge in [0.1, 0.15) is 23.7 Å². The highest BCUT2D eigenvalue weighted by Gasteiger charge is 2.41. The minimum Gasteiger partial charge on any atom is -0.489 e. The Balaban J connectivity index is 1.46. The molecule has 1 N–H and O–H groups in total. The molecule has 1 saturated heterocycles. The van der Waals surface area contributed by atoms with E-state index in [0.29, 0.717) is 36.3 Å². The maximum Gasteiger partial charge on any atom is 0.228 e. The van der Waals surface area contributed by atoms with E-state index in [1.165, 1.54) is 0 Å². The summed E-state index contributed by atoms with van der Waals surface area (Å²) in [6, 6.07) is 11.6. The molecule has 2 atom stereocenters. The molecule has 2 aromatic rings. The fourth-order valence-electron chi connectivity index (χ4n) is 4.03. The van der Waals surface area contributed by atoms with Crippen LogP contribution in [0.2, 0.25) is 0 Å². The molecule has 0 radical (unpaired) electrons. The molecular weight excluding hydrogens is 378 g/mol. The number of carbonyl (C=O) groups is 1. The molecule has 1 aromatic carbocycles. The third-order valence-corrected chi connectivity index (χ3v) is 5.83. The van der Waals surface area contributed by atoms with E-state index in [2.05, 4.69) is 23.3 Å². The number of rotatable bonds is 7. The number of hydrogen-bond donors (Lipinski definition) is 1. The third kappa shape index (κ3) is 4.80. The van der Waals surface area contributed by atoms with Crippen molar-refractivity contribution in [1.29, 1.82) is 5.26 Å². The van der Waals surface area contributed by atoms with E-state index in [1.807, 2.05) is 30.3 Å². The van der Waals surface area contributed by atoms with Gasteiger partial charge in [0.25, 0.3) is 0 Å². The summed E-state index contributed by atoms with van der Waals surface area (Å²) in [6.45, 7) is 3.53. The Morgan fingerprint density at radius 1 is 1.27 bits per heavy atom. The molecule has 2 aliphatic rings. The predicted molar refractivity (Wildman–Crippen MR) is 114 cm³/mol. The van der Waals surface area contributed by atoms with Crippen molar-refractivity contribution in [2.24, 2.45) is 11.8 Å². The molecule has 1 aromatic heterocycles. The lowest BCUT2D eigenvalue weighted by molar-refractivity contribution is -0.117. The highest BCUT2D eigenvalue weighted by atomic mass is 16.5. The summed E-state index contributed by atoms with van der Waals surface area (Å²) in [4.78, 5) is 16.7. The van der Waals surface area contributed by atoms with E-state index >= 15 is 0 Å². The van der Waals surface area contributed by atoms with Crippen molar-refractivity contribution in [3.63, 3.8) is 0 Å². The number of pyridine rings is 1. The molecule has 2 fully saturated rings. The Morgan fingerprint density at radius 3 is 2.83 bits per heavy atom. The quantitative estimate of drug-likeness (QED) is 0.730. The SMILES string of the molecule is CCC[C@@H]1C[C@H]1C(=O)Nc1cc(-c2ccc(OC3CCOCC3)c(C#N)c2)ccn1. The lowest BCUT2D eigenvalue weighted by Gasteiger charge is -2.23. The Morgan fingerprint density at radius 2 is 2.07 bits per heavy atom. The summed E-state index contributed by atoms with van der Waals surface area (Å²) in [5.41, 5.74) is 2.29. The maximum absolute atomic E-state index is 12.4. The van der Waals surface area contributed by atoms with Crippen LogP contribution in [0.1, 0.15) is 44.6 Å². The van der Waals surface area contributed by atoms with Crippen LogP contribution < -0.4 is 10.1 Å². The van der Waals surface area contributed by atoms with Gasteiger partial charge in [-0.25, -0.2) is 4.98 Å². The van der Waals surface area contributed by atoms with Crippen molar-refractivity contribution in [2.75, 3.05) is 18.5 Å². The van der Waals surface area contributed by atoms with E-state index in [1.54, 1.807) is 6.20 Å². The van der Waals surface area contributed by atoms with Crippen molar-refractivity contribution in [2.45, 2.75) is 45.1 Å². The average Bonchev–Trinajstić information content (AvgIpc) is 3.55. The maximum atomic E-state index is 12.4. The minimum absolute atomic E-state index is 0.0519. The summed E-state index contributed by atoms with van der Waals surface area (Å²) in [5, 5.41) is 12.6. The first-order chi connectivity index (χ1) is 14.7. The average molecular weight is 405 g/mol. The van der Waals surface area contributed by atoms with Crippen LogP contribution in [-0.4, -0.2) is 30.2 Å². The Kier molecular flexibility index (Phi) is 6.29. The number of nitriles is 1. The van der Waals surface area contributed by atoms with E-state index in [-0.39, 0.29) is 17.9 Å². The number of hydrogen-bond acceptors (Lipinski definition) is 5. The fourth-order valence-corrected chi connectivity index (χ4v) is 4.03. The van der Waals surface area contributed by atoms with Crippen LogP contribution in [0.25, 0.3) is 11.1 Å². The van der Waals surface area contributed by atoms with Gasteiger partial charge in [-0.1, -0.05) is 19.4 Å². The monoisotopic (exact) mass is 405 g/mol. The Hall–Kier alpha value is -2.91. The molecule has 6 heteroatoms. The topological polar surface area (TPSA) is 84.2 Å². The van der Waals surface area contributed by atoms with Crippen LogP contribution in [0, 0.1) is 23.2 Å². The third-order valence-electron chi connectivity index (χ3n) is 5.83. The first-order valence-corrected chi connectivity index (χ1v) is 10.7. The molecule has 0 bridgehead atoms. The summed E-state index contributed by atoms with van der Waals surface area (Å²) in [7, 11) is 0. The van der Waals surface area contributed by atoms with Crippen molar-refractivity contribution in [1.82, 2.24) is 4.98 Å². The van der Waals surface area contributed by atoms with E-state index in [9.17, 15) is 10.1 Å². The molecule has 30 heavy (non-hydrogen) atoms. The van der Waals surface area contributed by atoms with Crippen LogP contribution in [0.3, 0.4) is 0 Å². The van der Waals surface area contributed by atoms with E-state index in [0.717, 1.165) is 43.2 Å². The van der Waals surface area contributed by atoms with Gasteiger partial charge in [0.2, 0.25) is 5.91 Å². The Bertz CT molecular complexity index is 947. The second-order valence-corrected chi connectivity index (χ2v) is 8.06. The van der Waals surface area contributed by atoms with Gasteiger partial charge in [-0.3, -0.25) is 4.79 Å². The van der Waals surface area contributed by atoms with Crippen molar-refractivity contribution >= 4 is 11.7 Å². The van der Waals surface area contributed by atoms with Crippen molar-refractivity contribution in [3.05, 3.63) is 42.1 Å². The number of anilines is 1. The summed E-state index contributed by atoms with van der Waals surface area (Å²) >= 11 is 0. The summed E-state index contributed by atoms with van der Waals surface area (Å²) < 4.78 is 11.4. The molecule has 6 nitrogen and oxygen atoms in total. The summed E-state index contributed by atoms with van der Waals surface area (Å²) in [6.07, 6.45) is 6.61. The zero-order valence-electron chi connectivity index (χ0n) is 17.3. The van der Waals surface area contributed by atoms with Gasteiger partial charge in [-0.15, -0.1) is 0 Å². The lowest BCUT2D eigenvalue weighted by atomic mass is 10.0. The normalized spacial score (nSPS) is 20.9. The summed E-state index contributed by atoms with van der Waals surface area (Å²) in [5.74, 6) is 1.82. The lowest BCUT2D eigenvalue weighted by Crippen LogP contribution is -2.26. The molecular formula is C24H27N3O3. The molecule has 4 rings (SSSR count). The number of aromatic nitrogens is 1. The van der Waals surface area contributed by atoms with Crippen LogP contribution in [0.15, 0.2) is 36.5 Å². The Labute approximate surface area is 177 Å². The van der Waals surface area contributed by atoms with Gasteiger partial charge in [-0.05, 0) is 54.2 Å². The van der Waals surface area contributed by atoms with Gasteiger partial charge < -0.3 is 14.8 Å². The number of carbonyl (C=O) groups excluding carboxylic acids is 1. The zero-order valence-corrected chi connectivity index (χ0v) is 17.3. The predicted octanol–water partition coefficient (Wildman–Crippen LogP) is 4.55. The molecule has 1 aliphatic heterocycles. The van der Waals surface area contributed by atoms with Gasteiger partial charge in [0, 0.05) is 25.0 Å². The van der Waals surface area contributed by atoms with Crippen LogP contribution in [0.5, 0.6) is 5.75 Å². The van der Waals surface area contributed by atoms with E-state index < -0.39 is 0 Å². The first kappa shape index (κ1) is 20.4. The molecule has 0 spiro atoms. The highest BCUT2D eigenvalue weighted by molar-refractivity contribution is 5.94. The van der Waals surface area contributed by atoms with Gasteiger partial charge in [-0.2, -0.15) is 5.26 Å². The number of nitrogens with one attached hydrogen (secondary N) is 1. The van der Waals surface area contributed by atoms with Gasteiger partial charge >= 0.3 is 0 Å². The standard InChI is InChI=1S/C24H27N3O3/c1-2-3-18-13-21(18)24(28)27-23-14-17(6-9-26-23)16-4-5-22(19(12-16)15-25)30-20-7-10-29-11-8-20/h4-6,9,12,14,18,20-21H,2-3,7-8,10-11,13H2,1H3,(H,26,27,28)/t18-,21-/m1/s1. The molecule has 1 saturated carbocycles. The molecule has 0 unspecified atom stereocenters. The fraction of sp³-hybridized carbons (Fsp3) is 0.458. The number of nitrogens with zero attached hydrogens (tertiary/aromatic N) is 2. The van der Waals surface area contributed by atoms with Crippen molar-refractivity contribution < 1.29 is 14.3 Å². The largest absolute Gasteiger partial charge is 0.489 e. The minimum atomic E-state index is 0.0519. The molecule has 156 valence electrons.